The van der Waals surface area contributed by atoms with E-state index in [-0.39, 0.29) is 5.41 Å². The van der Waals surface area contributed by atoms with Gasteiger partial charge in [-0.15, -0.1) is 0 Å². The van der Waals surface area contributed by atoms with Crippen LogP contribution in [0.4, 0.5) is 17.1 Å². The van der Waals surface area contributed by atoms with Gasteiger partial charge in [-0.2, -0.15) is 0 Å². The van der Waals surface area contributed by atoms with Gasteiger partial charge in [0, 0.05) is 22.5 Å². The molecule has 8 aromatic rings. The van der Waals surface area contributed by atoms with Crippen LogP contribution in [0.5, 0.6) is 0 Å². The Bertz CT molecular complexity index is 2650. The Kier molecular flexibility index (Phi) is 7.24. The summed E-state index contributed by atoms with van der Waals surface area (Å²) >= 11 is 0. The van der Waals surface area contributed by atoms with Crippen LogP contribution in [-0.2, 0) is 5.41 Å². The molecular formula is C53H41N. The van der Waals surface area contributed by atoms with Gasteiger partial charge in [0.05, 0.1) is 0 Å². The van der Waals surface area contributed by atoms with E-state index < -0.39 is 0 Å². The van der Waals surface area contributed by atoms with E-state index in [0.717, 1.165) is 28.9 Å². The molecule has 0 saturated heterocycles. The average molecular weight is 692 g/mol. The molecule has 54 heavy (non-hydrogen) atoms. The first-order chi connectivity index (χ1) is 26.7. The van der Waals surface area contributed by atoms with Crippen LogP contribution in [0.2, 0.25) is 0 Å². The average Bonchev–Trinajstić information content (AvgIpc) is 3.94. The minimum atomic E-state index is 0.186. The van der Waals surface area contributed by atoms with E-state index in [2.05, 4.69) is 193 Å². The van der Waals surface area contributed by atoms with E-state index in [1.807, 2.05) is 0 Å². The van der Waals surface area contributed by atoms with Crippen LogP contribution in [0.1, 0.15) is 36.8 Å². The van der Waals surface area contributed by atoms with Gasteiger partial charge in [-0.1, -0.05) is 152 Å². The van der Waals surface area contributed by atoms with Crippen molar-refractivity contribution in [1.29, 1.82) is 0 Å². The second kappa shape index (κ2) is 12.5. The number of benzene rings is 8. The lowest BCUT2D eigenvalue weighted by atomic mass is 9.66. The summed E-state index contributed by atoms with van der Waals surface area (Å²) in [4.78, 5) is 2.38. The number of anilines is 3. The standard InChI is InChI=1S/C53H41N/c1-2-9-37(10-3-1)38-18-26-44(27-19-38)54(46-30-22-41(23-31-46)48-15-8-12-40-11-4-5-13-47(40)48)45-28-20-39(21-29-45)42-24-32-50-49-14-6-7-16-51(49)53(52(50)34-42)35-36-17-25-43(53)33-36/h1-16,18-24,26-32,34,36,43H,17,25,33,35H2. The minimum absolute atomic E-state index is 0.186. The highest BCUT2D eigenvalue weighted by atomic mass is 15.1. The fourth-order valence-electron chi connectivity index (χ4n) is 10.5. The van der Waals surface area contributed by atoms with Crippen molar-refractivity contribution in [2.75, 3.05) is 4.90 Å². The third-order valence-electron chi connectivity index (χ3n) is 13.0. The maximum Gasteiger partial charge on any atom is 0.0462 e. The maximum absolute atomic E-state index is 2.55. The Balaban J connectivity index is 0.971. The lowest BCUT2D eigenvalue weighted by molar-refractivity contribution is 0.327. The van der Waals surface area contributed by atoms with Crippen molar-refractivity contribution in [3.8, 4) is 44.5 Å². The van der Waals surface area contributed by atoms with E-state index in [0.29, 0.717) is 0 Å². The Morgan fingerprint density at radius 2 is 0.963 bits per heavy atom. The number of fused-ring (bicyclic) bond motifs is 9. The summed E-state index contributed by atoms with van der Waals surface area (Å²) in [6.45, 7) is 0. The molecule has 2 saturated carbocycles. The maximum atomic E-state index is 2.55. The number of hydrogen-bond donors (Lipinski definition) is 0. The SMILES string of the molecule is c1ccc(-c2ccc(N(c3ccc(-c4ccc5c(c4)C4(CC6CCC4C6)c4ccccc4-5)cc3)c3ccc(-c4cccc5ccccc45)cc3)cc2)cc1. The lowest BCUT2D eigenvalue weighted by Crippen LogP contribution is -2.31. The Labute approximate surface area is 318 Å². The molecular weight excluding hydrogens is 651 g/mol. The van der Waals surface area contributed by atoms with E-state index in [1.165, 1.54) is 81.0 Å². The first-order valence-electron chi connectivity index (χ1n) is 19.6. The molecule has 8 aromatic carbocycles. The summed E-state index contributed by atoms with van der Waals surface area (Å²) in [6, 6.07) is 69.7. The molecule has 2 bridgehead atoms. The summed E-state index contributed by atoms with van der Waals surface area (Å²) in [6.07, 6.45) is 5.46. The summed E-state index contributed by atoms with van der Waals surface area (Å²) in [5.41, 5.74) is 17.2. The largest absolute Gasteiger partial charge is 0.311 e. The summed E-state index contributed by atoms with van der Waals surface area (Å²) < 4.78 is 0. The van der Waals surface area contributed by atoms with Gasteiger partial charge < -0.3 is 4.90 Å². The molecule has 2 fully saturated rings. The van der Waals surface area contributed by atoms with Crippen LogP contribution in [0.3, 0.4) is 0 Å². The lowest BCUT2D eigenvalue weighted by Gasteiger charge is -2.36. The minimum Gasteiger partial charge on any atom is -0.311 e. The molecule has 0 aromatic heterocycles. The van der Waals surface area contributed by atoms with E-state index in [1.54, 1.807) is 11.1 Å². The summed E-state index contributed by atoms with van der Waals surface area (Å²) in [5.74, 6) is 1.63. The molecule has 3 aliphatic rings. The zero-order valence-electron chi connectivity index (χ0n) is 30.3. The monoisotopic (exact) mass is 691 g/mol. The fourth-order valence-corrected chi connectivity index (χ4v) is 10.5. The van der Waals surface area contributed by atoms with Gasteiger partial charge in [-0.25, -0.2) is 0 Å². The third-order valence-corrected chi connectivity index (χ3v) is 13.0. The van der Waals surface area contributed by atoms with Crippen LogP contribution < -0.4 is 4.90 Å². The van der Waals surface area contributed by atoms with Crippen molar-refractivity contribution in [2.24, 2.45) is 11.8 Å². The molecule has 3 atom stereocenters. The molecule has 1 spiro atoms. The predicted octanol–water partition coefficient (Wildman–Crippen LogP) is 14.4. The van der Waals surface area contributed by atoms with Crippen molar-refractivity contribution in [1.82, 2.24) is 0 Å². The molecule has 0 amide bonds. The van der Waals surface area contributed by atoms with E-state index >= 15 is 0 Å². The van der Waals surface area contributed by atoms with Gasteiger partial charge in [0.2, 0.25) is 0 Å². The highest BCUT2D eigenvalue weighted by Crippen LogP contribution is 2.65. The Morgan fingerprint density at radius 3 is 1.67 bits per heavy atom. The van der Waals surface area contributed by atoms with Crippen molar-refractivity contribution in [3.63, 3.8) is 0 Å². The Hall–Kier alpha value is -6.18. The molecule has 0 aliphatic heterocycles. The summed E-state index contributed by atoms with van der Waals surface area (Å²) in [7, 11) is 0. The van der Waals surface area contributed by atoms with Gasteiger partial charge >= 0.3 is 0 Å². The molecule has 0 N–H and O–H groups in total. The highest BCUT2D eigenvalue weighted by Gasteiger charge is 2.56. The predicted molar refractivity (Wildman–Crippen MR) is 227 cm³/mol. The third kappa shape index (κ3) is 4.92. The normalized spacial score (nSPS) is 19.3. The molecule has 1 heteroatoms. The molecule has 258 valence electrons. The van der Waals surface area contributed by atoms with Crippen LogP contribution >= 0.6 is 0 Å². The number of nitrogens with zero attached hydrogens (tertiary/aromatic N) is 1. The zero-order valence-corrected chi connectivity index (χ0v) is 30.3. The van der Waals surface area contributed by atoms with Crippen molar-refractivity contribution in [2.45, 2.75) is 31.1 Å². The first-order valence-corrected chi connectivity index (χ1v) is 19.6. The number of rotatable bonds is 6. The topological polar surface area (TPSA) is 3.24 Å². The van der Waals surface area contributed by atoms with Crippen molar-refractivity contribution in [3.05, 3.63) is 199 Å². The van der Waals surface area contributed by atoms with E-state index in [4.69, 9.17) is 0 Å². The Morgan fingerprint density at radius 1 is 0.407 bits per heavy atom. The molecule has 1 nitrogen and oxygen atoms in total. The van der Waals surface area contributed by atoms with Gasteiger partial charge in [0.15, 0.2) is 0 Å². The van der Waals surface area contributed by atoms with E-state index in [9.17, 15) is 0 Å². The summed E-state index contributed by atoms with van der Waals surface area (Å²) in [5, 5.41) is 2.54. The molecule has 11 rings (SSSR count). The van der Waals surface area contributed by atoms with Crippen LogP contribution in [0.25, 0.3) is 55.3 Å². The molecule has 3 unspecified atom stereocenters. The van der Waals surface area contributed by atoms with Crippen LogP contribution in [0.15, 0.2) is 188 Å². The zero-order chi connectivity index (χ0) is 35.6. The second-order valence-corrected chi connectivity index (χ2v) is 15.7. The fraction of sp³-hybridized carbons (Fsp3) is 0.132. The molecule has 0 heterocycles. The molecule has 3 aliphatic carbocycles. The first kappa shape index (κ1) is 31.4. The van der Waals surface area contributed by atoms with Gasteiger partial charge in [-0.3, -0.25) is 0 Å². The number of hydrogen-bond acceptors (Lipinski definition) is 1. The van der Waals surface area contributed by atoms with Crippen molar-refractivity contribution < 1.29 is 0 Å². The quantitative estimate of drug-likeness (QED) is 0.168. The van der Waals surface area contributed by atoms with Crippen molar-refractivity contribution >= 4 is 27.8 Å². The molecule has 0 radical (unpaired) electrons. The smallest absolute Gasteiger partial charge is 0.0462 e. The highest BCUT2D eigenvalue weighted by molar-refractivity contribution is 5.97. The second-order valence-electron chi connectivity index (χ2n) is 15.7. The van der Waals surface area contributed by atoms with Gasteiger partial charge in [0.25, 0.3) is 0 Å². The van der Waals surface area contributed by atoms with Crippen LogP contribution in [0, 0.1) is 11.8 Å². The van der Waals surface area contributed by atoms with Crippen LogP contribution in [-0.4, -0.2) is 0 Å². The van der Waals surface area contributed by atoms with Gasteiger partial charge in [-0.05, 0) is 140 Å². The van der Waals surface area contributed by atoms with Gasteiger partial charge in [0.1, 0.15) is 0 Å².